The summed E-state index contributed by atoms with van der Waals surface area (Å²) in [5.41, 5.74) is 1.22. The fourth-order valence-corrected chi connectivity index (χ4v) is 1.83. The quantitative estimate of drug-likeness (QED) is 0.457. The van der Waals surface area contributed by atoms with E-state index >= 15 is 0 Å². The molecule has 0 aromatic carbocycles. The maximum atomic E-state index is 5.89. The van der Waals surface area contributed by atoms with Crippen LogP contribution < -0.4 is 0 Å². The van der Waals surface area contributed by atoms with Crippen molar-refractivity contribution in [3.8, 4) is 0 Å². The SMILES string of the molecule is Clc1nc(Cl)c2ncn(CC3CO3)c2n1. The maximum Gasteiger partial charge on any atom is 0.225 e. The van der Waals surface area contributed by atoms with E-state index in [2.05, 4.69) is 15.0 Å². The molecular formula is C8H6Cl2N4O. The molecule has 1 saturated heterocycles. The van der Waals surface area contributed by atoms with Gasteiger partial charge in [0.15, 0.2) is 10.8 Å². The molecule has 7 heteroatoms. The molecule has 1 fully saturated rings. The van der Waals surface area contributed by atoms with Gasteiger partial charge in [-0.25, -0.2) is 9.97 Å². The predicted octanol–water partition coefficient (Wildman–Crippen LogP) is 1.53. The second kappa shape index (κ2) is 3.30. The Labute approximate surface area is 95.0 Å². The lowest BCUT2D eigenvalue weighted by molar-refractivity contribution is 0.384. The summed E-state index contributed by atoms with van der Waals surface area (Å²) in [5, 5.41) is 0.409. The molecule has 3 heterocycles. The van der Waals surface area contributed by atoms with E-state index in [4.69, 9.17) is 27.9 Å². The van der Waals surface area contributed by atoms with Gasteiger partial charge in [0, 0.05) is 0 Å². The summed E-state index contributed by atoms with van der Waals surface area (Å²) in [4.78, 5) is 12.0. The van der Waals surface area contributed by atoms with Gasteiger partial charge in [0.25, 0.3) is 0 Å². The van der Waals surface area contributed by atoms with E-state index in [-0.39, 0.29) is 16.5 Å². The molecule has 0 saturated carbocycles. The molecule has 5 nitrogen and oxygen atoms in total. The van der Waals surface area contributed by atoms with Gasteiger partial charge in [-0.05, 0) is 11.6 Å². The molecule has 2 aromatic heterocycles. The molecule has 1 aliphatic rings. The van der Waals surface area contributed by atoms with E-state index < -0.39 is 0 Å². The van der Waals surface area contributed by atoms with Crippen molar-refractivity contribution >= 4 is 34.4 Å². The highest BCUT2D eigenvalue weighted by atomic mass is 35.5. The van der Waals surface area contributed by atoms with Crippen LogP contribution in [0.3, 0.4) is 0 Å². The van der Waals surface area contributed by atoms with Gasteiger partial charge in [-0.1, -0.05) is 11.6 Å². The lowest BCUT2D eigenvalue weighted by Crippen LogP contribution is -2.03. The number of imidazole rings is 1. The van der Waals surface area contributed by atoms with Gasteiger partial charge < -0.3 is 9.30 Å². The topological polar surface area (TPSA) is 56.1 Å². The number of ether oxygens (including phenoxy) is 1. The first-order valence-electron chi connectivity index (χ1n) is 4.39. The monoisotopic (exact) mass is 244 g/mol. The summed E-state index contributed by atoms with van der Waals surface area (Å²) in [7, 11) is 0. The summed E-state index contributed by atoms with van der Waals surface area (Å²) in [6.07, 6.45) is 1.93. The van der Waals surface area contributed by atoms with Crippen LogP contribution in [0, 0.1) is 0 Å². The number of epoxide rings is 1. The Kier molecular flexibility index (Phi) is 2.05. The van der Waals surface area contributed by atoms with Crippen LogP contribution in [0.5, 0.6) is 0 Å². The molecule has 0 bridgehead atoms. The highest BCUT2D eigenvalue weighted by molar-refractivity contribution is 6.35. The van der Waals surface area contributed by atoms with Crippen LogP contribution in [0.2, 0.25) is 10.4 Å². The Balaban J connectivity index is 2.14. The molecule has 1 aliphatic heterocycles. The van der Waals surface area contributed by atoms with Crippen molar-refractivity contribution in [2.75, 3.05) is 6.61 Å². The first-order chi connectivity index (χ1) is 7.24. The van der Waals surface area contributed by atoms with E-state index in [1.54, 1.807) is 6.33 Å². The van der Waals surface area contributed by atoms with Gasteiger partial charge in [-0.15, -0.1) is 0 Å². The molecule has 78 valence electrons. The minimum Gasteiger partial charge on any atom is -0.371 e. The molecule has 0 aliphatic carbocycles. The number of aromatic nitrogens is 4. The normalized spacial score (nSPS) is 19.7. The summed E-state index contributed by atoms with van der Waals surface area (Å²) in [6.45, 7) is 1.51. The third kappa shape index (κ3) is 1.67. The predicted molar refractivity (Wildman–Crippen MR) is 55.1 cm³/mol. The van der Waals surface area contributed by atoms with E-state index in [0.29, 0.717) is 11.2 Å². The summed E-state index contributed by atoms with van der Waals surface area (Å²) in [6, 6.07) is 0. The van der Waals surface area contributed by atoms with Crippen molar-refractivity contribution in [2.24, 2.45) is 0 Å². The lowest BCUT2D eigenvalue weighted by atomic mass is 10.4. The van der Waals surface area contributed by atoms with Crippen molar-refractivity contribution in [3.63, 3.8) is 0 Å². The van der Waals surface area contributed by atoms with Crippen LogP contribution in [0.25, 0.3) is 11.2 Å². The molecule has 3 rings (SSSR count). The maximum absolute atomic E-state index is 5.89. The van der Waals surface area contributed by atoms with Crippen molar-refractivity contribution in [2.45, 2.75) is 12.6 Å². The highest BCUT2D eigenvalue weighted by Crippen LogP contribution is 2.22. The van der Waals surface area contributed by atoms with Crippen LogP contribution in [-0.4, -0.2) is 32.2 Å². The van der Waals surface area contributed by atoms with Gasteiger partial charge in [-0.3, -0.25) is 0 Å². The molecule has 2 aromatic rings. The van der Waals surface area contributed by atoms with E-state index in [1.165, 1.54) is 0 Å². The minimum atomic E-state index is 0.131. The fourth-order valence-electron chi connectivity index (χ4n) is 1.41. The average molecular weight is 245 g/mol. The molecule has 0 spiro atoms. The van der Waals surface area contributed by atoms with E-state index in [9.17, 15) is 0 Å². The Morgan fingerprint density at radius 3 is 3.00 bits per heavy atom. The lowest BCUT2D eigenvalue weighted by Gasteiger charge is -2.00. The summed E-state index contributed by atoms with van der Waals surface area (Å²) < 4.78 is 7.00. The Morgan fingerprint density at radius 1 is 1.47 bits per heavy atom. The van der Waals surface area contributed by atoms with E-state index in [0.717, 1.165) is 13.2 Å². The first kappa shape index (κ1) is 9.33. The van der Waals surface area contributed by atoms with Crippen molar-refractivity contribution in [3.05, 3.63) is 16.8 Å². The Morgan fingerprint density at radius 2 is 2.27 bits per heavy atom. The van der Waals surface area contributed by atoms with Crippen LogP contribution in [0.1, 0.15) is 0 Å². The van der Waals surface area contributed by atoms with Crippen molar-refractivity contribution < 1.29 is 4.74 Å². The minimum absolute atomic E-state index is 0.131. The number of rotatable bonds is 2. The third-order valence-corrected chi connectivity index (χ3v) is 2.63. The zero-order valence-electron chi connectivity index (χ0n) is 7.52. The zero-order valence-corrected chi connectivity index (χ0v) is 9.03. The molecule has 0 radical (unpaired) electrons. The standard InChI is InChI=1S/C8H6Cl2N4O/c9-6-5-7(13-8(10)12-6)14(3-11-5)1-4-2-15-4/h3-4H,1-2H2. The fraction of sp³-hybridized carbons (Fsp3) is 0.375. The highest BCUT2D eigenvalue weighted by Gasteiger charge is 2.24. The first-order valence-corrected chi connectivity index (χ1v) is 5.15. The zero-order chi connectivity index (χ0) is 10.4. The number of hydrogen-bond donors (Lipinski definition) is 0. The van der Waals surface area contributed by atoms with Gasteiger partial charge >= 0.3 is 0 Å². The molecule has 0 N–H and O–H groups in total. The van der Waals surface area contributed by atoms with Crippen LogP contribution >= 0.6 is 23.2 Å². The Bertz CT molecular complexity index is 523. The molecule has 1 unspecified atom stereocenters. The van der Waals surface area contributed by atoms with Crippen LogP contribution in [0.15, 0.2) is 6.33 Å². The van der Waals surface area contributed by atoms with Gasteiger partial charge in [0.05, 0.1) is 25.6 Å². The van der Waals surface area contributed by atoms with Crippen LogP contribution in [0.4, 0.5) is 0 Å². The van der Waals surface area contributed by atoms with Gasteiger partial charge in [0.1, 0.15) is 5.52 Å². The second-order valence-corrected chi connectivity index (χ2v) is 4.00. The molecule has 0 amide bonds. The van der Waals surface area contributed by atoms with Crippen molar-refractivity contribution in [1.82, 2.24) is 19.5 Å². The number of fused-ring (bicyclic) bond motifs is 1. The average Bonchev–Trinajstić information content (AvgIpc) is 2.89. The Hall–Kier alpha value is -0.910. The van der Waals surface area contributed by atoms with Gasteiger partial charge in [0.2, 0.25) is 5.28 Å². The van der Waals surface area contributed by atoms with Crippen LogP contribution in [-0.2, 0) is 11.3 Å². The van der Waals surface area contributed by atoms with Crippen molar-refractivity contribution in [1.29, 1.82) is 0 Å². The third-order valence-electron chi connectivity index (χ3n) is 2.20. The summed E-state index contributed by atoms with van der Waals surface area (Å²) in [5.74, 6) is 0. The number of hydrogen-bond acceptors (Lipinski definition) is 4. The summed E-state index contributed by atoms with van der Waals surface area (Å²) >= 11 is 11.6. The second-order valence-electron chi connectivity index (χ2n) is 3.31. The molecular weight excluding hydrogens is 239 g/mol. The number of halogens is 2. The number of nitrogens with zero attached hydrogens (tertiary/aromatic N) is 4. The molecule has 1 atom stereocenters. The van der Waals surface area contributed by atoms with Gasteiger partial charge in [-0.2, -0.15) is 4.98 Å². The molecule has 15 heavy (non-hydrogen) atoms. The largest absolute Gasteiger partial charge is 0.371 e. The smallest absolute Gasteiger partial charge is 0.225 e. The van der Waals surface area contributed by atoms with E-state index in [1.807, 2.05) is 4.57 Å².